The smallest absolute Gasteiger partial charge is 0.323 e. The van der Waals surface area contributed by atoms with Crippen molar-refractivity contribution in [1.82, 2.24) is 14.1 Å². The zero-order valence-corrected chi connectivity index (χ0v) is 10.9. The lowest BCUT2D eigenvalue weighted by Gasteiger charge is -2.06. The lowest BCUT2D eigenvalue weighted by Crippen LogP contribution is -2.37. The fourth-order valence-electron chi connectivity index (χ4n) is 1.43. The second-order valence-corrected chi connectivity index (χ2v) is 5.59. The van der Waals surface area contributed by atoms with E-state index >= 15 is 0 Å². The number of aromatic nitrogens is 3. The Morgan fingerprint density at radius 2 is 1.81 bits per heavy atom. The van der Waals surface area contributed by atoms with Gasteiger partial charge in [0.25, 0.3) is 5.56 Å². The van der Waals surface area contributed by atoms with E-state index < -0.39 is 11.2 Å². The molecular weight excluding hydrogens is 266 g/mol. The average molecular weight is 273 g/mol. The van der Waals surface area contributed by atoms with Crippen molar-refractivity contribution in [1.29, 1.82) is 0 Å². The molecule has 0 aromatic carbocycles. The quantitative estimate of drug-likeness (QED) is 0.730. The minimum atomic E-state index is -0.409. The van der Waals surface area contributed by atoms with Crippen molar-refractivity contribution in [2.75, 3.05) is 0 Å². The topological polar surface area (TPSA) is 59.8 Å². The number of hydrogen-bond acceptors (Lipinski definition) is 5. The molecule has 0 aliphatic carbocycles. The Bertz CT molecular complexity index is 808. The van der Waals surface area contributed by atoms with Crippen LogP contribution in [0.4, 0.5) is 0 Å². The van der Waals surface area contributed by atoms with Crippen molar-refractivity contribution < 1.29 is 0 Å². The molecule has 0 aliphatic heterocycles. The predicted octanol–water partition coefficient (Wildman–Crippen LogP) is 1.09. The number of aryl methyl sites for hydroxylation is 1. The van der Waals surface area contributed by atoms with Gasteiger partial charge in [-0.05, 0) is 12.2 Å². The third kappa shape index (κ3) is 1.49. The number of nitrogens with one attached hydrogen (secondary N) is 1. The highest BCUT2D eigenvalue weighted by Gasteiger charge is 2.10. The van der Waals surface area contributed by atoms with E-state index in [9.17, 15) is 9.59 Å². The van der Waals surface area contributed by atoms with Gasteiger partial charge in [0.15, 0.2) is 3.95 Å². The molecule has 0 saturated carbocycles. The van der Waals surface area contributed by atoms with Crippen LogP contribution in [0.5, 0.6) is 0 Å². The van der Waals surface area contributed by atoms with Crippen molar-refractivity contribution in [3.05, 3.63) is 28.6 Å². The van der Waals surface area contributed by atoms with E-state index in [1.165, 1.54) is 11.6 Å². The van der Waals surface area contributed by atoms with Crippen molar-refractivity contribution in [3.8, 4) is 0 Å². The Labute approximate surface area is 104 Å². The van der Waals surface area contributed by atoms with E-state index in [0.29, 0.717) is 18.8 Å². The van der Waals surface area contributed by atoms with Gasteiger partial charge in [-0.25, -0.2) is 4.79 Å². The van der Waals surface area contributed by atoms with E-state index in [1.54, 1.807) is 7.05 Å². The average Bonchev–Trinajstić information content (AvgIpc) is 2.22. The Kier molecular flexibility index (Phi) is 2.64. The highest BCUT2D eigenvalue weighted by molar-refractivity contribution is 7.76. The van der Waals surface area contributed by atoms with Crippen molar-refractivity contribution in [2.45, 2.75) is 0 Å². The van der Waals surface area contributed by atoms with Crippen LogP contribution in [0.25, 0.3) is 11.0 Å². The first-order valence-corrected chi connectivity index (χ1v) is 5.90. The number of rotatable bonds is 0. The Morgan fingerprint density at radius 1 is 1.19 bits per heavy atom. The van der Waals surface area contributed by atoms with E-state index in [0.717, 1.165) is 15.9 Å². The minimum absolute atomic E-state index is 0.332. The molecule has 1 N–H and O–H groups in total. The summed E-state index contributed by atoms with van der Waals surface area (Å²) in [7, 11) is 2.99. The van der Waals surface area contributed by atoms with Gasteiger partial charge in [0.05, 0.1) is 0 Å². The highest BCUT2D eigenvalue weighted by atomic mass is 32.2. The lowest BCUT2D eigenvalue weighted by molar-refractivity contribution is 0.708. The number of H-pyrrole nitrogens is 1. The largest absolute Gasteiger partial charge is 0.332 e. The fourth-order valence-corrected chi connectivity index (χ4v) is 2.97. The van der Waals surface area contributed by atoms with Gasteiger partial charge < -0.3 is 4.98 Å². The molecule has 0 saturated heterocycles. The van der Waals surface area contributed by atoms with Crippen LogP contribution in [0, 0.1) is 7.78 Å². The van der Waals surface area contributed by atoms with E-state index in [-0.39, 0.29) is 0 Å². The molecule has 0 unspecified atom stereocenters. The molecule has 2 aromatic heterocycles. The molecule has 0 spiro atoms. The van der Waals surface area contributed by atoms with Crippen LogP contribution in [0.3, 0.4) is 0 Å². The third-order valence-corrected chi connectivity index (χ3v) is 3.76. The molecule has 2 heterocycles. The first-order chi connectivity index (χ1) is 7.43. The van der Waals surface area contributed by atoms with Crippen molar-refractivity contribution in [3.63, 3.8) is 0 Å². The predicted molar refractivity (Wildman–Crippen MR) is 68.3 cm³/mol. The Hall–Kier alpha value is -1.12. The summed E-state index contributed by atoms with van der Waals surface area (Å²) in [5.74, 6) is 0. The summed E-state index contributed by atoms with van der Waals surface area (Å²) in [5, 5.41) is 0.332. The summed E-state index contributed by atoms with van der Waals surface area (Å²) in [6.45, 7) is 0. The van der Waals surface area contributed by atoms with E-state index in [1.807, 2.05) is 0 Å². The summed E-state index contributed by atoms with van der Waals surface area (Å²) in [5.41, 5.74) is -0.429. The first-order valence-electron chi connectivity index (χ1n) is 4.26. The monoisotopic (exact) mass is 273 g/mol. The van der Waals surface area contributed by atoms with E-state index in [4.69, 9.17) is 24.4 Å². The van der Waals surface area contributed by atoms with Gasteiger partial charge in [0.1, 0.15) is 14.9 Å². The molecule has 0 radical (unpaired) electrons. The maximum atomic E-state index is 11.9. The molecule has 0 amide bonds. The molecular formula is C8H7N3O2S3. The molecule has 0 aliphatic rings. The zero-order chi connectivity index (χ0) is 12.0. The maximum absolute atomic E-state index is 11.9. The molecule has 0 bridgehead atoms. The number of aromatic amines is 1. The molecule has 16 heavy (non-hydrogen) atoms. The van der Waals surface area contributed by atoms with Gasteiger partial charge in [-0.3, -0.25) is 13.9 Å². The molecule has 0 fully saturated rings. The van der Waals surface area contributed by atoms with Gasteiger partial charge in [0.2, 0.25) is 0 Å². The van der Waals surface area contributed by atoms with Gasteiger partial charge >= 0.3 is 5.69 Å². The SMILES string of the molecule is Cn1c(=O)c2c(=S)sc(=S)[nH]c2n(C)c1=O. The summed E-state index contributed by atoms with van der Waals surface area (Å²) < 4.78 is 3.20. The molecule has 0 atom stereocenters. The van der Waals surface area contributed by atoms with Gasteiger partial charge in [-0.15, -0.1) is 0 Å². The number of nitrogens with zero attached hydrogens (tertiary/aromatic N) is 2. The van der Waals surface area contributed by atoms with E-state index in [2.05, 4.69) is 4.98 Å². The van der Waals surface area contributed by atoms with Crippen LogP contribution >= 0.6 is 35.8 Å². The first kappa shape index (κ1) is 11.4. The molecule has 84 valence electrons. The molecule has 8 heteroatoms. The summed E-state index contributed by atoms with van der Waals surface area (Å²) in [6, 6.07) is 0. The minimum Gasteiger partial charge on any atom is -0.323 e. The van der Waals surface area contributed by atoms with Crippen LogP contribution in [0.15, 0.2) is 9.59 Å². The van der Waals surface area contributed by atoms with Crippen LogP contribution in [0.1, 0.15) is 0 Å². The van der Waals surface area contributed by atoms with Crippen LogP contribution in [0.2, 0.25) is 0 Å². The fraction of sp³-hybridized carbons (Fsp3) is 0.250. The van der Waals surface area contributed by atoms with Gasteiger partial charge in [-0.1, -0.05) is 23.6 Å². The molecule has 5 nitrogen and oxygen atoms in total. The van der Waals surface area contributed by atoms with Crippen molar-refractivity contribution >= 4 is 46.8 Å². The standard InChI is InChI=1S/C8H7N3O2S3/c1-10-4-3(5(12)11(2)8(10)13)6(14)16-7(15)9-4/h1-2H3,(H,9,15). The number of fused-ring (bicyclic) bond motifs is 1. The van der Waals surface area contributed by atoms with Gasteiger partial charge in [-0.2, -0.15) is 0 Å². The van der Waals surface area contributed by atoms with Crippen LogP contribution in [-0.4, -0.2) is 14.1 Å². The Morgan fingerprint density at radius 3 is 2.44 bits per heavy atom. The molecule has 2 rings (SSSR count). The van der Waals surface area contributed by atoms with Crippen LogP contribution < -0.4 is 11.2 Å². The number of hydrogen-bond donors (Lipinski definition) is 1. The zero-order valence-electron chi connectivity index (χ0n) is 8.44. The van der Waals surface area contributed by atoms with Crippen molar-refractivity contribution in [2.24, 2.45) is 14.1 Å². The third-order valence-electron chi connectivity index (χ3n) is 2.27. The lowest BCUT2D eigenvalue weighted by atomic mass is 10.4. The maximum Gasteiger partial charge on any atom is 0.332 e. The summed E-state index contributed by atoms with van der Waals surface area (Å²) in [4.78, 5) is 26.4. The van der Waals surface area contributed by atoms with Gasteiger partial charge in [0, 0.05) is 14.1 Å². The second-order valence-electron chi connectivity index (χ2n) is 3.23. The van der Waals surface area contributed by atoms with Crippen LogP contribution in [-0.2, 0) is 14.1 Å². The Balaban J connectivity index is 3.36. The normalized spacial score (nSPS) is 10.9. The second kappa shape index (κ2) is 3.72. The summed E-state index contributed by atoms with van der Waals surface area (Å²) in [6.07, 6.45) is 0. The molecule has 2 aromatic rings. The highest BCUT2D eigenvalue weighted by Crippen LogP contribution is 2.11. The summed E-state index contributed by atoms with van der Waals surface area (Å²) >= 11 is 11.2.